The minimum absolute atomic E-state index is 0.258. The number of hydrogen-bond acceptors (Lipinski definition) is 1. The zero-order valence-electron chi connectivity index (χ0n) is 22.3. The quantitative estimate of drug-likeness (QED) is 0.135. The van der Waals surface area contributed by atoms with E-state index in [0.29, 0.717) is 0 Å². The Morgan fingerprint density at radius 2 is 0.829 bits per heavy atom. The van der Waals surface area contributed by atoms with Gasteiger partial charge in [-0.3, -0.25) is 0 Å². The SMILES string of the molecule is C1CCC(P(CC[N-]CCP(C2CCCCC2)C2CCCCC2)C2CCCCC2)CC1.O=[C]=[Ru][Cl]. The number of hydrogen-bond donors (Lipinski definition) is 0. The molecule has 0 aromatic rings. The Hall–Kier alpha value is 1.31. The van der Waals surface area contributed by atoms with Crippen molar-refractivity contribution in [3.05, 3.63) is 5.32 Å². The molecule has 0 N–H and O–H groups in total. The van der Waals surface area contributed by atoms with Gasteiger partial charge >= 0.3 is 34.6 Å². The fourth-order valence-electron chi connectivity index (χ4n) is 7.46. The normalized spacial score (nSPS) is 23.7. The van der Waals surface area contributed by atoms with E-state index in [-0.39, 0.29) is 15.8 Å². The number of nitrogens with zero attached hydrogens (tertiary/aromatic N) is 1. The zero-order chi connectivity index (χ0) is 24.6. The molecule has 0 bridgehead atoms. The van der Waals surface area contributed by atoms with Crippen LogP contribution >= 0.6 is 25.5 Å². The molecule has 0 aromatic carbocycles. The van der Waals surface area contributed by atoms with Gasteiger partial charge in [-0.15, -0.1) is 28.9 Å². The van der Waals surface area contributed by atoms with Crippen LogP contribution in [0.5, 0.6) is 0 Å². The Morgan fingerprint density at radius 1 is 0.571 bits per heavy atom. The van der Waals surface area contributed by atoms with Gasteiger partial charge in [0, 0.05) is 0 Å². The summed E-state index contributed by atoms with van der Waals surface area (Å²) in [6.45, 7) is 2.44. The van der Waals surface area contributed by atoms with Crippen LogP contribution in [-0.2, 0) is 20.5 Å². The van der Waals surface area contributed by atoms with Crippen molar-refractivity contribution in [2.24, 2.45) is 0 Å². The Balaban J connectivity index is 0.000000795. The summed E-state index contributed by atoms with van der Waals surface area (Å²) < 4.78 is 1.54. The first-order chi connectivity index (χ1) is 17.3. The van der Waals surface area contributed by atoms with E-state index >= 15 is 0 Å². The van der Waals surface area contributed by atoms with Crippen molar-refractivity contribution in [2.75, 3.05) is 25.4 Å². The van der Waals surface area contributed by atoms with Gasteiger partial charge in [-0.2, -0.15) is 0 Å². The summed E-state index contributed by atoms with van der Waals surface area (Å²) in [5.41, 5.74) is 4.46. The number of rotatable bonds is 10. The molecule has 0 saturated heterocycles. The Labute approximate surface area is 231 Å². The van der Waals surface area contributed by atoms with E-state index in [1.807, 2.05) is 0 Å². The van der Waals surface area contributed by atoms with Gasteiger partial charge in [0.25, 0.3) is 0 Å². The monoisotopic (exact) mass is 629 g/mol. The van der Waals surface area contributed by atoms with Gasteiger partial charge in [0.05, 0.1) is 0 Å². The van der Waals surface area contributed by atoms with Crippen molar-refractivity contribution in [2.45, 2.75) is 151 Å². The second kappa shape index (κ2) is 19.4. The molecule has 205 valence electrons. The molecule has 6 heteroatoms. The van der Waals surface area contributed by atoms with Crippen LogP contribution in [0.3, 0.4) is 0 Å². The van der Waals surface area contributed by atoms with Crippen molar-refractivity contribution < 1.29 is 20.5 Å². The average molecular weight is 629 g/mol. The van der Waals surface area contributed by atoms with Gasteiger partial charge < -0.3 is 5.32 Å². The van der Waals surface area contributed by atoms with Crippen LogP contribution in [0.4, 0.5) is 0 Å². The van der Waals surface area contributed by atoms with E-state index in [0.717, 1.165) is 22.6 Å². The first-order valence-corrected chi connectivity index (χ1v) is 21.5. The van der Waals surface area contributed by atoms with Gasteiger partial charge in [0.1, 0.15) is 0 Å². The molecule has 4 saturated carbocycles. The second-order valence-corrected chi connectivity index (χ2v) is 18.8. The third-order valence-electron chi connectivity index (χ3n) is 9.23. The molecule has 0 radical (unpaired) electrons. The van der Waals surface area contributed by atoms with Crippen LogP contribution in [0, 0.1) is 0 Å². The maximum absolute atomic E-state index is 8.96. The van der Waals surface area contributed by atoms with Crippen LogP contribution in [0.15, 0.2) is 0 Å². The van der Waals surface area contributed by atoms with E-state index in [4.69, 9.17) is 19.8 Å². The summed E-state index contributed by atoms with van der Waals surface area (Å²) in [5, 5.41) is 5.26. The molecular weight excluding hydrogens is 577 g/mol. The van der Waals surface area contributed by atoms with Crippen LogP contribution < -0.4 is 0 Å². The summed E-state index contributed by atoms with van der Waals surface area (Å²) in [6, 6.07) is 0. The molecule has 4 fully saturated rings. The molecule has 0 aromatic heterocycles. The fraction of sp³-hybridized carbons (Fsp3) is 0.966. The first kappa shape index (κ1) is 30.8. The van der Waals surface area contributed by atoms with E-state index in [2.05, 4.69) is 0 Å². The molecule has 4 aliphatic carbocycles. The number of carbonyl (C=O) groups excluding carboxylic acids is 1. The molecule has 0 heterocycles. The van der Waals surface area contributed by atoms with Gasteiger partial charge in [0.2, 0.25) is 0 Å². The molecule has 0 unspecified atom stereocenters. The van der Waals surface area contributed by atoms with E-state index in [1.54, 1.807) is 51.4 Å². The molecule has 4 aliphatic rings. The molecule has 0 atom stereocenters. The van der Waals surface area contributed by atoms with Crippen molar-refractivity contribution in [3.63, 3.8) is 0 Å². The predicted octanol–water partition coefficient (Wildman–Crippen LogP) is 9.94. The van der Waals surface area contributed by atoms with Gasteiger partial charge in [-0.1, -0.05) is 89.4 Å². The first-order valence-electron chi connectivity index (χ1n) is 15.1. The molecule has 35 heavy (non-hydrogen) atoms. The standard InChI is InChI=1S/C28H52NP2.CO.ClH.Ru/c1-5-13-25(14-6-1)30(26-15-7-2-8-16-26)23-21-29-22-24-31(27-17-9-3-10-18-27)28-19-11-4-12-20-28;1-2;;/h25-28H,1-24H2;;1H;/q-1;;;+1/p-1. The van der Waals surface area contributed by atoms with E-state index < -0.39 is 15.7 Å². The number of halogens is 1. The molecule has 2 nitrogen and oxygen atoms in total. The minimum atomic E-state index is -0.594. The summed E-state index contributed by atoms with van der Waals surface area (Å²) >= 11 is -0.594. The predicted molar refractivity (Wildman–Crippen MR) is 156 cm³/mol. The molecule has 4 rings (SSSR count). The second-order valence-electron chi connectivity index (χ2n) is 11.5. The van der Waals surface area contributed by atoms with Crippen LogP contribution in [0.25, 0.3) is 5.32 Å². The van der Waals surface area contributed by atoms with Gasteiger partial charge in [-0.05, 0) is 74.0 Å². The third-order valence-corrected chi connectivity index (χ3v) is 16.9. The average Bonchev–Trinajstić information content (AvgIpc) is 2.95. The summed E-state index contributed by atoms with van der Waals surface area (Å²) in [5.74, 6) is 0. The van der Waals surface area contributed by atoms with Crippen LogP contribution in [-0.4, -0.2) is 52.5 Å². The van der Waals surface area contributed by atoms with Crippen LogP contribution in [0.2, 0.25) is 0 Å². The van der Waals surface area contributed by atoms with Gasteiger partial charge in [-0.25, -0.2) is 0 Å². The Bertz CT molecular complexity index is 503. The summed E-state index contributed by atoms with van der Waals surface area (Å²) in [4.78, 5) is 8.96. The summed E-state index contributed by atoms with van der Waals surface area (Å²) in [7, 11) is 5.37. The van der Waals surface area contributed by atoms with Crippen molar-refractivity contribution in [1.82, 2.24) is 0 Å². The third kappa shape index (κ3) is 11.5. The maximum atomic E-state index is 8.96. The molecular formula is C29H52ClNOP2Ru-. The Morgan fingerprint density at radius 3 is 1.06 bits per heavy atom. The van der Waals surface area contributed by atoms with Crippen molar-refractivity contribution in [1.29, 1.82) is 0 Å². The summed E-state index contributed by atoms with van der Waals surface area (Å²) in [6.07, 6.45) is 33.8. The topological polar surface area (TPSA) is 31.2 Å². The Kier molecular flexibility index (Phi) is 17.1. The van der Waals surface area contributed by atoms with Crippen LogP contribution in [0.1, 0.15) is 128 Å². The molecule has 0 amide bonds. The van der Waals surface area contributed by atoms with Crippen molar-refractivity contribution >= 4 is 30.0 Å². The van der Waals surface area contributed by atoms with Gasteiger partial charge in [0.15, 0.2) is 0 Å². The molecule has 0 spiro atoms. The zero-order valence-corrected chi connectivity index (χ0v) is 26.5. The van der Waals surface area contributed by atoms with E-state index in [9.17, 15) is 0 Å². The van der Waals surface area contributed by atoms with Crippen molar-refractivity contribution in [3.8, 4) is 0 Å². The van der Waals surface area contributed by atoms with E-state index in [1.165, 1.54) is 107 Å². The molecule has 0 aliphatic heterocycles. The fourth-order valence-corrected chi connectivity index (χ4v) is 15.0.